The van der Waals surface area contributed by atoms with Crippen LogP contribution in [0.1, 0.15) is 15.9 Å². The Morgan fingerprint density at radius 3 is 2.63 bits per heavy atom. The Morgan fingerprint density at radius 2 is 1.95 bits per heavy atom. The van der Waals surface area contributed by atoms with Gasteiger partial charge < -0.3 is 16.2 Å². The fraction of sp³-hybridized carbons (Fsp3) is 0.0714. The predicted octanol–water partition coefficient (Wildman–Crippen LogP) is 3.23. The second-order valence-corrected chi connectivity index (χ2v) is 4.43. The van der Waals surface area contributed by atoms with Gasteiger partial charge in [0.1, 0.15) is 0 Å². The molecule has 0 spiro atoms. The topological polar surface area (TPSA) is 75.4 Å². The third kappa shape index (κ3) is 2.98. The minimum Gasteiger partial charge on any atom is -0.478 e. The smallest absolute Gasteiger partial charge is 0.337 e. The van der Waals surface area contributed by atoms with E-state index < -0.39 is 5.97 Å². The molecule has 5 heteroatoms. The summed E-state index contributed by atoms with van der Waals surface area (Å²) in [4.78, 5) is 11.1. The van der Waals surface area contributed by atoms with E-state index in [-0.39, 0.29) is 5.56 Å². The van der Waals surface area contributed by atoms with Crippen LogP contribution in [-0.4, -0.2) is 11.1 Å². The largest absolute Gasteiger partial charge is 0.478 e. The van der Waals surface area contributed by atoms with Crippen LogP contribution in [0.3, 0.4) is 0 Å². The van der Waals surface area contributed by atoms with E-state index in [0.29, 0.717) is 22.9 Å². The van der Waals surface area contributed by atoms with Gasteiger partial charge in [0.15, 0.2) is 0 Å². The molecule has 19 heavy (non-hydrogen) atoms. The molecule has 0 aliphatic carbocycles. The van der Waals surface area contributed by atoms with Crippen LogP contribution in [0.4, 0.5) is 11.4 Å². The molecule has 0 bridgehead atoms. The molecule has 0 aliphatic heterocycles. The van der Waals surface area contributed by atoms with Crippen LogP contribution in [0.15, 0.2) is 42.5 Å². The van der Waals surface area contributed by atoms with Gasteiger partial charge in [-0.25, -0.2) is 4.79 Å². The van der Waals surface area contributed by atoms with Crippen molar-refractivity contribution in [2.24, 2.45) is 0 Å². The summed E-state index contributed by atoms with van der Waals surface area (Å²) in [5, 5.41) is 12.8. The van der Waals surface area contributed by atoms with Crippen molar-refractivity contribution < 1.29 is 9.90 Å². The Kier molecular flexibility index (Phi) is 3.92. The molecule has 0 amide bonds. The third-order valence-corrected chi connectivity index (χ3v) is 3.11. The summed E-state index contributed by atoms with van der Waals surface area (Å²) >= 11 is 6.05. The van der Waals surface area contributed by atoms with Gasteiger partial charge in [-0.05, 0) is 23.8 Å². The summed E-state index contributed by atoms with van der Waals surface area (Å²) in [6, 6.07) is 12.1. The van der Waals surface area contributed by atoms with Gasteiger partial charge in [0.2, 0.25) is 0 Å². The normalized spacial score (nSPS) is 10.2. The number of carboxylic acids is 1. The summed E-state index contributed by atoms with van der Waals surface area (Å²) in [6.07, 6.45) is 0. The number of hydrogen-bond acceptors (Lipinski definition) is 3. The maximum atomic E-state index is 11.1. The number of anilines is 2. The molecule has 0 unspecified atom stereocenters. The lowest BCUT2D eigenvalue weighted by Crippen LogP contribution is -2.09. The van der Waals surface area contributed by atoms with Gasteiger partial charge in [-0.2, -0.15) is 0 Å². The number of nitrogens with two attached hydrogens (primary N) is 1. The van der Waals surface area contributed by atoms with E-state index in [1.807, 2.05) is 18.2 Å². The summed E-state index contributed by atoms with van der Waals surface area (Å²) in [7, 11) is 0. The van der Waals surface area contributed by atoms with Gasteiger partial charge in [-0.3, -0.25) is 0 Å². The molecule has 0 heterocycles. The SMILES string of the molecule is Nc1cccc(C(=O)O)c1NCc1ccccc1Cl. The first-order valence-electron chi connectivity index (χ1n) is 5.68. The summed E-state index contributed by atoms with van der Waals surface area (Å²) in [5.74, 6) is -1.02. The van der Waals surface area contributed by atoms with Crippen molar-refractivity contribution in [2.45, 2.75) is 6.54 Å². The number of benzene rings is 2. The van der Waals surface area contributed by atoms with E-state index in [2.05, 4.69) is 5.32 Å². The van der Waals surface area contributed by atoms with Gasteiger partial charge in [0.05, 0.1) is 16.9 Å². The Morgan fingerprint density at radius 1 is 1.21 bits per heavy atom. The van der Waals surface area contributed by atoms with Crippen LogP contribution in [0, 0.1) is 0 Å². The molecule has 0 atom stereocenters. The Balaban J connectivity index is 2.25. The third-order valence-electron chi connectivity index (χ3n) is 2.74. The standard InChI is InChI=1S/C14H13ClN2O2/c15-11-6-2-1-4-9(11)8-17-13-10(14(18)19)5-3-7-12(13)16/h1-7,17H,8,16H2,(H,18,19). The summed E-state index contributed by atoms with van der Waals surface area (Å²) in [5.41, 5.74) is 7.63. The maximum absolute atomic E-state index is 11.1. The number of carbonyl (C=O) groups is 1. The molecule has 0 saturated heterocycles. The fourth-order valence-corrected chi connectivity index (χ4v) is 1.97. The van der Waals surface area contributed by atoms with Gasteiger partial charge in [0, 0.05) is 11.6 Å². The molecule has 0 radical (unpaired) electrons. The zero-order valence-electron chi connectivity index (χ0n) is 10.1. The Bertz CT molecular complexity index is 614. The highest BCUT2D eigenvalue weighted by molar-refractivity contribution is 6.31. The molecule has 98 valence electrons. The molecule has 0 saturated carbocycles. The Labute approximate surface area is 115 Å². The molecule has 2 aromatic carbocycles. The van der Waals surface area contributed by atoms with Crippen molar-refractivity contribution in [3.63, 3.8) is 0 Å². The monoisotopic (exact) mass is 276 g/mol. The number of hydrogen-bond donors (Lipinski definition) is 3. The van der Waals surface area contributed by atoms with Crippen LogP contribution >= 0.6 is 11.6 Å². The highest BCUT2D eigenvalue weighted by Crippen LogP contribution is 2.25. The first-order chi connectivity index (χ1) is 9.09. The number of rotatable bonds is 4. The number of nitrogens with one attached hydrogen (secondary N) is 1. The van der Waals surface area contributed by atoms with Crippen molar-refractivity contribution in [2.75, 3.05) is 11.1 Å². The average Bonchev–Trinajstić information content (AvgIpc) is 2.38. The molecule has 0 aliphatic rings. The number of carboxylic acid groups (broad SMARTS) is 1. The molecule has 0 aromatic heterocycles. The molecule has 4 N–H and O–H groups in total. The van der Waals surface area contributed by atoms with Crippen LogP contribution in [0.25, 0.3) is 0 Å². The van der Waals surface area contributed by atoms with E-state index in [1.165, 1.54) is 6.07 Å². The minimum absolute atomic E-state index is 0.145. The number of nitrogen functional groups attached to an aromatic ring is 1. The lowest BCUT2D eigenvalue weighted by molar-refractivity contribution is 0.0698. The lowest BCUT2D eigenvalue weighted by atomic mass is 10.1. The number of aromatic carboxylic acids is 1. The summed E-state index contributed by atoms with van der Waals surface area (Å²) < 4.78 is 0. The first kappa shape index (κ1) is 13.2. The molecular formula is C14H13ClN2O2. The second kappa shape index (κ2) is 5.63. The van der Waals surface area contributed by atoms with E-state index in [4.69, 9.17) is 22.4 Å². The Hall–Kier alpha value is -2.20. The van der Waals surface area contributed by atoms with Crippen LogP contribution < -0.4 is 11.1 Å². The average molecular weight is 277 g/mol. The highest BCUT2D eigenvalue weighted by Gasteiger charge is 2.12. The zero-order chi connectivity index (χ0) is 13.8. The van der Waals surface area contributed by atoms with E-state index in [9.17, 15) is 4.79 Å². The molecule has 4 nitrogen and oxygen atoms in total. The van der Waals surface area contributed by atoms with E-state index >= 15 is 0 Å². The predicted molar refractivity (Wildman–Crippen MR) is 76.6 cm³/mol. The number of para-hydroxylation sites is 1. The molecule has 0 fully saturated rings. The van der Waals surface area contributed by atoms with Crippen LogP contribution in [0.2, 0.25) is 5.02 Å². The van der Waals surface area contributed by atoms with Gasteiger partial charge >= 0.3 is 5.97 Å². The summed E-state index contributed by atoms with van der Waals surface area (Å²) in [6.45, 7) is 0.411. The maximum Gasteiger partial charge on any atom is 0.337 e. The highest BCUT2D eigenvalue weighted by atomic mass is 35.5. The molecule has 2 aromatic rings. The van der Waals surface area contributed by atoms with E-state index in [1.54, 1.807) is 18.2 Å². The lowest BCUT2D eigenvalue weighted by Gasteiger charge is -2.13. The van der Waals surface area contributed by atoms with Crippen molar-refractivity contribution in [3.05, 3.63) is 58.6 Å². The molecule has 2 rings (SSSR count). The van der Waals surface area contributed by atoms with Crippen molar-refractivity contribution in [3.8, 4) is 0 Å². The quantitative estimate of drug-likeness (QED) is 0.750. The van der Waals surface area contributed by atoms with Crippen LogP contribution in [0.5, 0.6) is 0 Å². The number of halogens is 1. The fourth-order valence-electron chi connectivity index (χ4n) is 1.77. The van der Waals surface area contributed by atoms with Gasteiger partial charge in [-0.15, -0.1) is 0 Å². The van der Waals surface area contributed by atoms with Crippen molar-refractivity contribution >= 4 is 28.9 Å². The van der Waals surface area contributed by atoms with Crippen LogP contribution in [-0.2, 0) is 6.54 Å². The molecular weight excluding hydrogens is 264 g/mol. The first-order valence-corrected chi connectivity index (χ1v) is 6.06. The second-order valence-electron chi connectivity index (χ2n) is 4.02. The van der Waals surface area contributed by atoms with Crippen molar-refractivity contribution in [1.29, 1.82) is 0 Å². The van der Waals surface area contributed by atoms with Gasteiger partial charge in [-0.1, -0.05) is 35.9 Å². The van der Waals surface area contributed by atoms with Gasteiger partial charge in [0.25, 0.3) is 0 Å². The zero-order valence-corrected chi connectivity index (χ0v) is 10.8. The minimum atomic E-state index is -1.02. The van der Waals surface area contributed by atoms with Crippen molar-refractivity contribution in [1.82, 2.24) is 0 Å². The van der Waals surface area contributed by atoms with E-state index in [0.717, 1.165) is 5.56 Å².